The van der Waals surface area contributed by atoms with Gasteiger partial charge in [-0.25, -0.2) is 4.79 Å². The lowest BCUT2D eigenvalue weighted by molar-refractivity contribution is -0.132. The van der Waals surface area contributed by atoms with Crippen LogP contribution in [0.25, 0.3) is 16.5 Å². The second-order valence-electron chi connectivity index (χ2n) is 6.47. The van der Waals surface area contributed by atoms with E-state index in [1.807, 2.05) is 56.4 Å². The SMILES string of the molecule is CC1=C(C(=O)O)C(c2c[nH]c3ccccc23)C(c2cccnc2)=C(C)N1. The summed E-state index contributed by atoms with van der Waals surface area (Å²) in [6, 6.07) is 11.8. The van der Waals surface area contributed by atoms with Gasteiger partial charge in [-0.1, -0.05) is 24.3 Å². The van der Waals surface area contributed by atoms with E-state index in [2.05, 4.69) is 15.3 Å². The second-order valence-corrected chi connectivity index (χ2v) is 6.47. The molecule has 4 rings (SSSR count). The van der Waals surface area contributed by atoms with Crippen molar-refractivity contribution >= 4 is 22.4 Å². The molecule has 0 radical (unpaired) electrons. The molecule has 1 atom stereocenters. The van der Waals surface area contributed by atoms with Gasteiger partial charge in [-0.05, 0) is 42.7 Å². The number of pyridine rings is 1. The average molecular weight is 345 g/mol. The molecule has 130 valence electrons. The van der Waals surface area contributed by atoms with Crippen molar-refractivity contribution in [2.45, 2.75) is 19.8 Å². The lowest BCUT2D eigenvalue weighted by Gasteiger charge is -2.30. The van der Waals surface area contributed by atoms with Gasteiger partial charge in [-0.2, -0.15) is 0 Å². The Hall–Kier alpha value is -3.34. The topological polar surface area (TPSA) is 78.0 Å². The van der Waals surface area contributed by atoms with E-state index in [-0.39, 0.29) is 5.92 Å². The fourth-order valence-corrected chi connectivity index (χ4v) is 3.83. The number of aliphatic carboxylic acids is 1. The molecule has 5 heteroatoms. The number of nitrogens with zero attached hydrogens (tertiary/aromatic N) is 1. The van der Waals surface area contributed by atoms with Crippen LogP contribution in [0.2, 0.25) is 0 Å². The van der Waals surface area contributed by atoms with Crippen molar-refractivity contribution in [3.63, 3.8) is 0 Å². The molecule has 1 aromatic carbocycles. The summed E-state index contributed by atoms with van der Waals surface area (Å²) >= 11 is 0. The lowest BCUT2D eigenvalue weighted by atomic mass is 9.78. The maximum Gasteiger partial charge on any atom is 0.334 e. The molecular weight excluding hydrogens is 326 g/mol. The monoisotopic (exact) mass is 345 g/mol. The Bertz CT molecular complexity index is 1060. The Balaban J connectivity index is 2.01. The molecule has 0 saturated carbocycles. The number of rotatable bonds is 3. The van der Waals surface area contributed by atoms with E-state index in [1.54, 1.807) is 12.4 Å². The Morgan fingerprint density at radius 1 is 1.12 bits per heavy atom. The highest BCUT2D eigenvalue weighted by Crippen LogP contribution is 2.45. The average Bonchev–Trinajstić information content (AvgIpc) is 3.05. The number of aromatic amines is 1. The number of benzene rings is 1. The molecule has 0 bridgehead atoms. The quantitative estimate of drug-likeness (QED) is 0.669. The van der Waals surface area contributed by atoms with E-state index in [9.17, 15) is 9.90 Å². The number of nitrogens with one attached hydrogen (secondary N) is 2. The third-order valence-corrected chi connectivity index (χ3v) is 4.90. The van der Waals surface area contributed by atoms with E-state index < -0.39 is 5.97 Å². The summed E-state index contributed by atoms with van der Waals surface area (Å²) in [4.78, 5) is 19.6. The molecule has 1 unspecified atom stereocenters. The fraction of sp³-hybridized carbons (Fsp3) is 0.143. The smallest absolute Gasteiger partial charge is 0.334 e. The summed E-state index contributed by atoms with van der Waals surface area (Å²) in [5, 5.41) is 14.2. The highest BCUT2D eigenvalue weighted by atomic mass is 16.4. The molecule has 26 heavy (non-hydrogen) atoms. The van der Waals surface area contributed by atoms with E-state index >= 15 is 0 Å². The first-order chi connectivity index (χ1) is 12.6. The second kappa shape index (κ2) is 6.19. The van der Waals surface area contributed by atoms with Gasteiger partial charge in [-0.15, -0.1) is 0 Å². The molecule has 3 N–H and O–H groups in total. The summed E-state index contributed by atoms with van der Waals surface area (Å²) in [7, 11) is 0. The van der Waals surface area contributed by atoms with Gasteiger partial charge in [0.15, 0.2) is 0 Å². The number of H-pyrrole nitrogens is 1. The zero-order chi connectivity index (χ0) is 18.3. The minimum absolute atomic E-state index is 0.360. The molecule has 1 aliphatic heterocycles. The maximum absolute atomic E-state index is 12.1. The van der Waals surface area contributed by atoms with Crippen LogP contribution >= 0.6 is 0 Å². The molecule has 0 fully saturated rings. The van der Waals surface area contributed by atoms with Crippen molar-refractivity contribution in [1.29, 1.82) is 0 Å². The van der Waals surface area contributed by atoms with Crippen LogP contribution in [0.3, 0.4) is 0 Å². The summed E-state index contributed by atoms with van der Waals surface area (Å²) in [6.07, 6.45) is 5.42. The standard InChI is InChI=1S/C21H19N3O2/c1-12-18(14-6-5-9-22-10-14)20(19(21(25)26)13(2)24-12)16-11-23-17-8-4-3-7-15(16)17/h3-11,20,23-24H,1-2H3,(H,25,26). The van der Waals surface area contributed by atoms with Crippen molar-refractivity contribution in [3.05, 3.63) is 83.1 Å². The lowest BCUT2D eigenvalue weighted by Crippen LogP contribution is -2.27. The zero-order valence-corrected chi connectivity index (χ0v) is 14.6. The number of fused-ring (bicyclic) bond motifs is 1. The number of dihydropyridines is 1. The first-order valence-electron chi connectivity index (χ1n) is 8.46. The van der Waals surface area contributed by atoms with Gasteiger partial charge in [0, 0.05) is 46.8 Å². The molecule has 3 aromatic rings. The summed E-state index contributed by atoms with van der Waals surface area (Å²) in [5.41, 5.74) is 5.77. The minimum Gasteiger partial charge on any atom is -0.478 e. The van der Waals surface area contributed by atoms with Crippen molar-refractivity contribution in [2.24, 2.45) is 0 Å². The molecule has 0 amide bonds. The first-order valence-corrected chi connectivity index (χ1v) is 8.46. The molecule has 0 aliphatic carbocycles. The van der Waals surface area contributed by atoms with Crippen molar-refractivity contribution in [1.82, 2.24) is 15.3 Å². The number of carbonyl (C=O) groups is 1. The van der Waals surface area contributed by atoms with Gasteiger partial charge in [0.2, 0.25) is 0 Å². The number of hydrogen-bond donors (Lipinski definition) is 3. The van der Waals surface area contributed by atoms with Crippen LogP contribution in [0.1, 0.15) is 30.9 Å². The zero-order valence-electron chi connectivity index (χ0n) is 14.6. The van der Waals surface area contributed by atoms with Crippen LogP contribution in [0.5, 0.6) is 0 Å². The Labute approximate surface area is 151 Å². The third kappa shape index (κ3) is 2.49. The van der Waals surface area contributed by atoms with Gasteiger partial charge in [0.05, 0.1) is 5.57 Å². The summed E-state index contributed by atoms with van der Waals surface area (Å²) in [5.74, 6) is -1.30. The predicted octanol–water partition coefficient (Wildman–Crippen LogP) is 4.04. The van der Waals surface area contributed by atoms with Crippen LogP contribution in [0, 0.1) is 0 Å². The molecule has 3 heterocycles. The Kier molecular flexibility index (Phi) is 3.84. The molecule has 2 aromatic heterocycles. The molecule has 0 saturated heterocycles. The van der Waals surface area contributed by atoms with Crippen LogP contribution in [-0.4, -0.2) is 21.0 Å². The van der Waals surface area contributed by atoms with Crippen LogP contribution in [0.15, 0.2) is 72.0 Å². The summed E-state index contributed by atoms with van der Waals surface area (Å²) < 4.78 is 0. The molecule has 5 nitrogen and oxygen atoms in total. The highest BCUT2D eigenvalue weighted by Gasteiger charge is 2.35. The van der Waals surface area contributed by atoms with E-state index in [0.717, 1.165) is 33.3 Å². The maximum atomic E-state index is 12.1. The Morgan fingerprint density at radius 2 is 1.92 bits per heavy atom. The Morgan fingerprint density at radius 3 is 2.65 bits per heavy atom. The number of hydrogen-bond acceptors (Lipinski definition) is 3. The normalized spacial score (nSPS) is 17.5. The predicted molar refractivity (Wildman–Crippen MR) is 101 cm³/mol. The number of carboxylic acid groups (broad SMARTS) is 1. The van der Waals surface area contributed by atoms with Crippen molar-refractivity contribution < 1.29 is 9.90 Å². The van der Waals surface area contributed by atoms with Crippen LogP contribution in [0.4, 0.5) is 0 Å². The molecule has 1 aliphatic rings. The number of para-hydroxylation sites is 1. The number of aromatic nitrogens is 2. The van der Waals surface area contributed by atoms with E-state index in [1.165, 1.54) is 0 Å². The third-order valence-electron chi connectivity index (χ3n) is 4.90. The minimum atomic E-state index is -0.917. The van der Waals surface area contributed by atoms with Crippen molar-refractivity contribution in [2.75, 3.05) is 0 Å². The van der Waals surface area contributed by atoms with E-state index in [0.29, 0.717) is 11.3 Å². The van der Waals surface area contributed by atoms with Gasteiger partial charge in [-0.3, -0.25) is 4.98 Å². The van der Waals surface area contributed by atoms with Crippen molar-refractivity contribution in [3.8, 4) is 0 Å². The van der Waals surface area contributed by atoms with Crippen LogP contribution < -0.4 is 5.32 Å². The van der Waals surface area contributed by atoms with Gasteiger partial charge >= 0.3 is 5.97 Å². The van der Waals surface area contributed by atoms with Gasteiger partial charge < -0.3 is 15.4 Å². The summed E-state index contributed by atoms with van der Waals surface area (Å²) in [6.45, 7) is 3.79. The van der Waals surface area contributed by atoms with Crippen LogP contribution in [-0.2, 0) is 4.79 Å². The van der Waals surface area contributed by atoms with Gasteiger partial charge in [0.25, 0.3) is 0 Å². The number of carboxylic acids is 1. The largest absolute Gasteiger partial charge is 0.478 e. The molecule has 0 spiro atoms. The highest BCUT2D eigenvalue weighted by molar-refractivity contribution is 5.99. The number of allylic oxidation sites excluding steroid dienone is 3. The fourth-order valence-electron chi connectivity index (χ4n) is 3.83. The van der Waals surface area contributed by atoms with Gasteiger partial charge in [0.1, 0.15) is 0 Å². The van der Waals surface area contributed by atoms with E-state index in [4.69, 9.17) is 0 Å². The molecular formula is C21H19N3O2. The first kappa shape index (κ1) is 16.1.